The molecule has 0 spiro atoms. The molecule has 0 heterocycles. The second-order valence-electron chi connectivity index (χ2n) is 7.51. The average molecular weight is 352 g/mol. The summed E-state index contributed by atoms with van der Waals surface area (Å²) < 4.78 is 0. The van der Waals surface area contributed by atoms with Crippen molar-refractivity contribution in [2.45, 2.75) is 122 Å². The third kappa shape index (κ3) is 21.2. The largest absolute Gasteiger partial charge is 0.353 e. The second kappa shape index (κ2) is 21.3. The Kier molecular flexibility index (Phi) is 20.6. The van der Waals surface area contributed by atoms with Crippen LogP contribution in [0.1, 0.15) is 122 Å². The Hall–Kier alpha value is -0.790. The lowest BCUT2D eigenvalue weighted by molar-refractivity contribution is -0.116. The topological polar surface area (TPSA) is 29.1 Å². The summed E-state index contributed by atoms with van der Waals surface area (Å²) in [6.07, 6.45) is 26.4. The van der Waals surface area contributed by atoms with E-state index in [2.05, 4.69) is 18.8 Å². The quantitative estimate of drug-likeness (QED) is 0.180. The molecular formula is C23H45NO. The molecule has 0 aromatic rings. The van der Waals surface area contributed by atoms with Crippen molar-refractivity contribution in [1.82, 2.24) is 5.32 Å². The summed E-state index contributed by atoms with van der Waals surface area (Å²) in [5, 5.41) is 2.83. The van der Waals surface area contributed by atoms with E-state index in [1.54, 1.807) is 0 Å². The number of carbonyl (C=O) groups excluding carboxylic acids is 1. The van der Waals surface area contributed by atoms with Gasteiger partial charge in [-0.2, -0.15) is 0 Å². The Labute approximate surface area is 158 Å². The lowest BCUT2D eigenvalue weighted by atomic mass is 10.0. The van der Waals surface area contributed by atoms with Crippen molar-refractivity contribution in [3.63, 3.8) is 0 Å². The Morgan fingerprint density at radius 2 is 0.960 bits per heavy atom. The summed E-state index contributed by atoms with van der Waals surface area (Å²) in [5.41, 5.74) is 0. The van der Waals surface area contributed by atoms with E-state index in [-0.39, 0.29) is 5.91 Å². The van der Waals surface area contributed by atoms with E-state index in [1.165, 1.54) is 115 Å². The predicted octanol–water partition coefficient (Wildman–Crippen LogP) is 7.33. The van der Waals surface area contributed by atoms with Crippen molar-refractivity contribution in [1.29, 1.82) is 0 Å². The lowest BCUT2D eigenvalue weighted by Crippen LogP contribution is -2.21. The highest BCUT2D eigenvalue weighted by molar-refractivity contribution is 5.86. The van der Waals surface area contributed by atoms with Crippen LogP contribution in [0, 0.1) is 0 Å². The highest BCUT2D eigenvalue weighted by Crippen LogP contribution is 2.14. The lowest BCUT2D eigenvalue weighted by Gasteiger charge is -2.04. The van der Waals surface area contributed by atoms with Gasteiger partial charge in [0, 0.05) is 6.54 Å². The van der Waals surface area contributed by atoms with E-state index in [4.69, 9.17) is 0 Å². The van der Waals surface area contributed by atoms with Gasteiger partial charge in [0.05, 0.1) is 0 Å². The number of unbranched alkanes of at least 4 members (excludes halogenated alkanes) is 17. The van der Waals surface area contributed by atoms with Crippen LogP contribution in [0.3, 0.4) is 0 Å². The molecule has 25 heavy (non-hydrogen) atoms. The number of amides is 1. The first-order valence-corrected chi connectivity index (χ1v) is 11.2. The second-order valence-corrected chi connectivity index (χ2v) is 7.51. The van der Waals surface area contributed by atoms with Gasteiger partial charge in [0.1, 0.15) is 0 Å². The van der Waals surface area contributed by atoms with Gasteiger partial charge in [-0.3, -0.25) is 4.79 Å². The Morgan fingerprint density at radius 3 is 1.28 bits per heavy atom. The monoisotopic (exact) mass is 351 g/mol. The smallest absolute Gasteiger partial charge is 0.243 e. The number of hydrogen-bond acceptors (Lipinski definition) is 1. The van der Waals surface area contributed by atoms with Gasteiger partial charge in [-0.15, -0.1) is 0 Å². The molecule has 0 fully saturated rings. The summed E-state index contributed by atoms with van der Waals surface area (Å²) in [6.45, 7) is 6.53. The number of carbonyl (C=O) groups is 1. The summed E-state index contributed by atoms with van der Waals surface area (Å²) in [4.78, 5) is 11.0. The SMILES string of the molecule is C=CC(=O)NCCCCCCCCCCCCCCCCCCCC. The first-order valence-electron chi connectivity index (χ1n) is 11.2. The first kappa shape index (κ1) is 24.2. The molecule has 0 rings (SSSR count). The van der Waals surface area contributed by atoms with Crippen LogP contribution in [0.4, 0.5) is 0 Å². The van der Waals surface area contributed by atoms with Crippen LogP contribution in [0.15, 0.2) is 12.7 Å². The molecule has 2 heteroatoms. The molecule has 0 aromatic heterocycles. The molecule has 0 aliphatic rings. The fraction of sp³-hybridized carbons (Fsp3) is 0.870. The maximum absolute atomic E-state index is 11.0. The van der Waals surface area contributed by atoms with E-state index in [9.17, 15) is 4.79 Å². The van der Waals surface area contributed by atoms with Crippen molar-refractivity contribution >= 4 is 5.91 Å². The fourth-order valence-corrected chi connectivity index (χ4v) is 3.31. The zero-order valence-electron chi connectivity index (χ0n) is 17.1. The zero-order valence-corrected chi connectivity index (χ0v) is 17.1. The first-order chi connectivity index (χ1) is 12.3. The Balaban J connectivity index is 3.00. The minimum atomic E-state index is -0.0491. The molecule has 0 atom stereocenters. The van der Waals surface area contributed by atoms with Crippen LogP contribution in [0.25, 0.3) is 0 Å². The van der Waals surface area contributed by atoms with Gasteiger partial charge in [-0.25, -0.2) is 0 Å². The Morgan fingerprint density at radius 1 is 0.640 bits per heavy atom. The van der Waals surface area contributed by atoms with Gasteiger partial charge in [0.15, 0.2) is 0 Å². The normalized spacial score (nSPS) is 10.8. The number of hydrogen-bond donors (Lipinski definition) is 1. The van der Waals surface area contributed by atoms with Gasteiger partial charge in [0.25, 0.3) is 0 Å². The molecule has 0 aliphatic heterocycles. The van der Waals surface area contributed by atoms with Crippen molar-refractivity contribution < 1.29 is 4.79 Å². The van der Waals surface area contributed by atoms with Gasteiger partial charge in [-0.05, 0) is 12.5 Å². The van der Waals surface area contributed by atoms with E-state index in [0.717, 1.165) is 13.0 Å². The summed E-state index contributed by atoms with van der Waals surface area (Å²) in [7, 11) is 0. The molecule has 0 aromatic carbocycles. The highest BCUT2D eigenvalue weighted by atomic mass is 16.1. The van der Waals surface area contributed by atoms with Crippen LogP contribution < -0.4 is 5.32 Å². The van der Waals surface area contributed by atoms with Gasteiger partial charge in [0.2, 0.25) is 5.91 Å². The third-order valence-corrected chi connectivity index (χ3v) is 5.01. The van der Waals surface area contributed by atoms with E-state index in [1.807, 2.05) is 0 Å². The number of rotatable bonds is 20. The number of nitrogens with one attached hydrogen (secondary N) is 1. The zero-order chi connectivity index (χ0) is 18.4. The molecule has 0 saturated carbocycles. The molecule has 0 aliphatic carbocycles. The summed E-state index contributed by atoms with van der Waals surface area (Å²) in [6, 6.07) is 0. The van der Waals surface area contributed by atoms with Gasteiger partial charge >= 0.3 is 0 Å². The standard InChI is InChI=1S/C23H45NO/c1-3-5-6-7-8-9-10-11-12-13-14-15-16-17-18-19-20-21-22-24-23(25)4-2/h4H,2-3,5-22H2,1H3,(H,24,25). The van der Waals surface area contributed by atoms with Crippen LogP contribution in [0.5, 0.6) is 0 Å². The minimum absolute atomic E-state index is 0.0491. The van der Waals surface area contributed by atoms with E-state index in [0.29, 0.717) is 0 Å². The fourth-order valence-electron chi connectivity index (χ4n) is 3.31. The van der Waals surface area contributed by atoms with Crippen molar-refractivity contribution in [2.24, 2.45) is 0 Å². The van der Waals surface area contributed by atoms with Crippen molar-refractivity contribution in [3.05, 3.63) is 12.7 Å². The minimum Gasteiger partial charge on any atom is -0.353 e. The predicted molar refractivity (Wildman–Crippen MR) is 112 cm³/mol. The molecule has 0 bridgehead atoms. The molecule has 148 valence electrons. The summed E-state index contributed by atoms with van der Waals surface area (Å²) >= 11 is 0. The Bertz CT molecular complexity index is 288. The van der Waals surface area contributed by atoms with E-state index < -0.39 is 0 Å². The van der Waals surface area contributed by atoms with Crippen LogP contribution in [-0.4, -0.2) is 12.5 Å². The molecule has 1 N–H and O–H groups in total. The molecule has 0 saturated heterocycles. The maximum atomic E-state index is 11.0. The van der Waals surface area contributed by atoms with Crippen LogP contribution in [0.2, 0.25) is 0 Å². The van der Waals surface area contributed by atoms with Gasteiger partial charge < -0.3 is 5.32 Å². The van der Waals surface area contributed by atoms with Crippen molar-refractivity contribution in [2.75, 3.05) is 6.54 Å². The van der Waals surface area contributed by atoms with E-state index >= 15 is 0 Å². The highest BCUT2D eigenvalue weighted by Gasteiger charge is 1.96. The maximum Gasteiger partial charge on any atom is 0.243 e. The molecule has 1 amide bonds. The van der Waals surface area contributed by atoms with Crippen LogP contribution in [-0.2, 0) is 4.79 Å². The summed E-state index contributed by atoms with van der Waals surface area (Å²) in [5.74, 6) is -0.0491. The van der Waals surface area contributed by atoms with Crippen molar-refractivity contribution in [3.8, 4) is 0 Å². The molecular weight excluding hydrogens is 306 g/mol. The average Bonchev–Trinajstić information content (AvgIpc) is 2.63. The van der Waals surface area contributed by atoms with Crippen LogP contribution >= 0.6 is 0 Å². The molecule has 2 nitrogen and oxygen atoms in total. The molecule has 0 radical (unpaired) electrons. The van der Waals surface area contributed by atoms with Gasteiger partial charge in [-0.1, -0.05) is 123 Å². The third-order valence-electron chi connectivity index (χ3n) is 5.01. The molecule has 0 unspecified atom stereocenters.